The van der Waals surface area contributed by atoms with Crippen molar-refractivity contribution < 1.29 is 18.8 Å². The van der Waals surface area contributed by atoms with Crippen molar-refractivity contribution in [3.63, 3.8) is 0 Å². The van der Waals surface area contributed by atoms with Crippen LogP contribution >= 0.6 is 7.44 Å². The van der Waals surface area contributed by atoms with Crippen LogP contribution in [0, 0.1) is 0 Å². The van der Waals surface area contributed by atoms with Crippen molar-refractivity contribution in [3.05, 3.63) is 108 Å². The van der Waals surface area contributed by atoms with Crippen LogP contribution in [-0.4, -0.2) is 117 Å². The van der Waals surface area contributed by atoms with Crippen molar-refractivity contribution in [2.75, 3.05) is 66.3 Å². The summed E-state index contributed by atoms with van der Waals surface area (Å²) in [5, 5.41) is 0. The molecule has 3 atom stereocenters. The fourth-order valence-corrected chi connectivity index (χ4v) is 8.87. The van der Waals surface area contributed by atoms with Gasteiger partial charge in [0.1, 0.15) is 19.6 Å². The first-order valence-electron chi connectivity index (χ1n) is 16.4. The van der Waals surface area contributed by atoms with Crippen LogP contribution in [0.2, 0.25) is 0 Å². The van der Waals surface area contributed by atoms with Crippen LogP contribution in [0.25, 0.3) is 0 Å². The van der Waals surface area contributed by atoms with Gasteiger partial charge in [0.05, 0.1) is 12.7 Å². The summed E-state index contributed by atoms with van der Waals surface area (Å²) in [5.74, 6) is 0.0265. The van der Waals surface area contributed by atoms with Crippen LogP contribution in [0.5, 0.6) is 0 Å². The minimum absolute atomic E-state index is 0.0265. The van der Waals surface area contributed by atoms with Crippen molar-refractivity contribution >= 4 is 21.2 Å². The molecule has 5 rings (SSSR count). The fraction of sp³-hybridized carbons (Fsp3) is 0.472. The number of hydrogen-bond donors (Lipinski definition) is 0. The Kier molecular flexibility index (Phi) is 10.9. The Balaban J connectivity index is 1.33. The number of hydrogen-bond acceptors (Lipinski definition) is 5. The number of amides is 1. The highest BCUT2D eigenvalue weighted by Crippen LogP contribution is 2.52. The van der Waals surface area contributed by atoms with Gasteiger partial charge in [0.15, 0.2) is 0 Å². The number of carbonyl (C=O) groups excluding carboxylic acids is 1. The number of carbonyl (C=O) groups is 1. The van der Waals surface area contributed by atoms with Gasteiger partial charge in [0.25, 0.3) is 0 Å². The lowest BCUT2D eigenvalue weighted by Gasteiger charge is -2.45. The Bertz CT molecular complexity index is 1370. The first kappa shape index (κ1) is 34.6. The van der Waals surface area contributed by atoms with Crippen LogP contribution in [0.4, 0.5) is 0 Å². The lowest BCUT2D eigenvalue weighted by Crippen LogP contribution is -2.56. The monoisotopic (exact) mass is 644 g/mol. The molecule has 2 saturated heterocycles. The van der Waals surface area contributed by atoms with Crippen LogP contribution in [0.3, 0.4) is 0 Å². The van der Waals surface area contributed by atoms with Crippen molar-refractivity contribution in [2.45, 2.75) is 43.8 Å². The van der Waals surface area contributed by atoms with Crippen LogP contribution in [0.15, 0.2) is 91.0 Å². The maximum Gasteiger partial charge on any atom is 0.242 e. The van der Waals surface area contributed by atoms with Crippen molar-refractivity contribution in [1.29, 1.82) is 0 Å². The lowest BCUT2D eigenvalue weighted by molar-refractivity contribution is -0.135. The van der Waals surface area contributed by atoms with Gasteiger partial charge in [-0.3, -0.25) is 14.3 Å². The highest BCUT2D eigenvalue weighted by molar-refractivity contribution is 7.58. The van der Waals surface area contributed by atoms with E-state index in [2.05, 4.69) is 33.5 Å². The van der Waals surface area contributed by atoms with E-state index in [1.165, 1.54) is 0 Å². The largest absolute Gasteiger partial charge is 0.379 e. The third-order valence-electron chi connectivity index (χ3n) is 9.39. The molecule has 0 saturated carbocycles. The molecule has 2 aliphatic heterocycles. The van der Waals surface area contributed by atoms with Gasteiger partial charge in [-0.15, -0.1) is 0 Å². The number of piperazine rings is 1. The van der Waals surface area contributed by atoms with Gasteiger partial charge in [0, 0.05) is 50.8 Å². The van der Waals surface area contributed by atoms with E-state index >= 15 is 0 Å². The summed E-state index contributed by atoms with van der Waals surface area (Å²) in [6, 6.07) is 30.3. The molecule has 0 spiro atoms. The van der Waals surface area contributed by atoms with E-state index in [-0.39, 0.29) is 29.9 Å². The maximum atomic E-state index is 15.0. The molecule has 10 heteroatoms. The number of benzene rings is 3. The van der Waals surface area contributed by atoms with Gasteiger partial charge >= 0.3 is 0 Å². The van der Waals surface area contributed by atoms with Gasteiger partial charge in [-0.25, -0.2) is 9.34 Å². The van der Waals surface area contributed by atoms with Gasteiger partial charge in [-0.05, 0) is 51.6 Å². The van der Waals surface area contributed by atoms with Gasteiger partial charge in [-0.2, -0.15) is 0 Å². The Morgan fingerprint density at radius 1 is 0.848 bits per heavy atom. The van der Waals surface area contributed by atoms with Crippen LogP contribution in [0.1, 0.15) is 37.5 Å². The Labute approximate surface area is 276 Å². The van der Waals surface area contributed by atoms with E-state index in [9.17, 15) is 9.36 Å². The summed E-state index contributed by atoms with van der Waals surface area (Å²) < 4.78 is 30.7. The molecule has 246 valence electrons. The van der Waals surface area contributed by atoms with Crippen LogP contribution in [-0.2, 0) is 24.2 Å². The molecule has 2 aliphatic rings. The summed E-state index contributed by atoms with van der Waals surface area (Å²) in [6.07, 6.45) is 0.0369. The summed E-state index contributed by atoms with van der Waals surface area (Å²) in [6.45, 7) is 10.6. The van der Waals surface area contributed by atoms with Crippen molar-refractivity contribution in [1.82, 2.24) is 19.1 Å². The Hall–Kier alpha value is -2.78. The van der Waals surface area contributed by atoms with Gasteiger partial charge in [-0.1, -0.05) is 91.0 Å². The molecular formula is C36H50BN4O4P. The van der Waals surface area contributed by atoms with E-state index in [0.717, 1.165) is 29.8 Å². The van der Waals surface area contributed by atoms with E-state index in [0.29, 0.717) is 32.8 Å². The molecular weight excluding hydrogens is 594 g/mol. The predicted molar refractivity (Wildman–Crippen MR) is 188 cm³/mol. The minimum Gasteiger partial charge on any atom is -0.379 e. The zero-order chi connectivity index (χ0) is 33.0. The predicted octanol–water partition coefficient (Wildman–Crippen LogP) is 4.35. The zero-order valence-electron chi connectivity index (χ0n) is 28.3. The number of morpholine rings is 1. The highest BCUT2D eigenvalue weighted by Gasteiger charge is 2.47. The molecule has 0 radical (unpaired) electrons. The quantitative estimate of drug-likeness (QED) is 0.185. The van der Waals surface area contributed by atoms with Gasteiger partial charge < -0.3 is 14.4 Å². The second kappa shape index (κ2) is 14.6. The molecule has 46 heavy (non-hydrogen) atoms. The van der Waals surface area contributed by atoms with E-state index < -0.39 is 12.9 Å². The normalized spacial score (nSPS) is 21.7. The Morgan fingerprint density at radius 3 is 1.76 bits per heavy atom. The van der Waals surface area contributed by atoms with E-state index in [1.807, 2.05) is 115 Å². The van der Waals surface area contributed by atoms with E-state index in [1.54, 1.807) is 4.67 Å². The number of rotatable bonds is 10. The third kappa shape index (κ3) is 7.20. The summed E-state index contributed by atoms with van der Waals surface area (Å²) in [7, 11) is 2.77. The average Bonchev–Trinajstić information content (AvgIpc) is 3.06. The molecule has 2 fully saturated rings. The molecule has 2 heterocycles. The SMILES string of the molecule is BC1CN(C(C)(C)C)CC(COCP(=O)(N(C)C)N2CCN(C(=O)C(c3ccccc3)(c3ccccc3)c3ccccc3)CC2)O1. The lowest BCUT2D eigenvalue weighted by atomic mass is 9.68. The van der Waals surface area contributed by atoms with Crippen molar-refractivity contribution in [3.8, 4) is 0 Å². The fourth-order valence-electron chi connectivity index (χ4n) is 6.82. The molecule has 0 aliphatic carbocycles. The standard InChI is InChI=1S/C36H50BN4O4P/c1-35(2,3)40-25-32(45-33(37)26-40)27-44-28-46(43,38(4)5)41-23-21-39(22-24-41)34(42)36(29-15-9-6-10-16-29,30-17-11-7-12-18-30)31-19-13-8-14-20-31/h6-20,32-33H,21-28,37H2,1-5H3. The average molecular weight is 645 g/mol. The van der Waals surface area contributed by atoms with Gasteiger partial charge in [0.2, 0.25) is 13.4 Å². The number of ether oxygens (including phenoxy) is 2. The molecule has 0 bridgehead atoms. The van der Waals surface area contributed by atoms with Crippen molar-refractivity contribution in [2.24, 2.45) is 0 Å². The highest BCUT2D eigenvalue weighted by atomic mass is 31.2. The minimum atomic E-state index is -3.03. The zero-order valence-corrected chi connectivity index (χ0v) is 29.2. The first-order valence-corrected chi connectivity index (χ1v) is 18.2. The smallest absolute Gasteiger partial charge is 0.242 e. The Morgan fingerprint density at radius 2 is 1.33 bits per heavy atom. The number of nitrogens with zero attached hydrogens (tertiary/aromatic N) is 4. The van der Waals surface area contributed by atoms with Crippen LogP contribution < -0.4 is 0 Å². The second-order valence-corrected chi connectivity index (χ2v) is 16.7. The molecule has 1 amide bonds. The molecule has 0 N–H and O–H groups in total. The summed E-state index contributed by atoms with van der Waals surface area (Å²) >= 11 is 0. The first-order chi connectivity index (χ1) is 22.0. The topological polar surface area (TPSA) is 65.6 Å². The molecule has 3 aromatic rings. The summed E-state index contributed by atoms with van der Waals surface area (Å²) in [5.41, 5.74) is 1.81. The van der Waals surface area contributed by atoms with E-state index in [4.69, 9.17) is 9.47 Å². The summed E-state index contributed by atoms with van der Waals surface area (Å²) in [4.78, 5) is 19.3. The maximum absolute atomic E-state index is 15.0. The molecule has 0 aromatic heterocycles. The molecule has 3 aromatic carbocycles. The second-order valence-electron chi connectivity index (χ2n) is 13.8. The molecule has 3 unspecified atom stereocenters. The third-order valence-corrected chi connectivity index (χ3v) is 12.4. The molecule has 8 nitrogen and oxygen atoms in total.